The predicted octanol–water partition coefficient (Wildman–Crippen LogP) is 4.32. The summed E-state index contributed by atoms with van der Waals surface area (Å²) in [5.41, 5.74) is 1.03. The van der Waals surface area contributed by atoms with Crippen LogP contribution in [0.25, 0.3) is 27.8 Å². The van der Waals surface area contributed by atoms with Crippen LogP contribution in [0.4, 0.5) is 13.2 Å². The highest BCUT2D eigenvalue weighted by atomic mass is 19.4. The molecule has 25 heavy (non-hydrogen) atoms. The fraction of sp³-hybridized carbons (Fsp3) is 0.176. The van der Waals surface area contributed by atoms with Crippen LogP contribution in [0.3, 0.4) is 0 Å². The van der Waals surface area contributed by atoms with Crippen LogP contribution >= 0.6 is 0 Å². The van der Waals surface area contributed by atoms with E-state index in [-0.39, 0.29) is 11.7 Å². The predicted molar refractivity (Wildman–Crippen MR) is 86.9 cm³/mol. The van der Waals surface area contributed by atoms with Crippen LogP contribution < -0.4 is 4.74 Å². The van der Waals surface area contributed by atoms with Crippen molar-refractivity contribution in [2.75, 3.05) is 6.61 Å². The topological polar surface area (TPSA) is 55.7 Å². The van der Waals surface area contributed by atoms with Gasteiger partial charge < -0.3 is 9.72 Å². The number of fused-ring (bicyclic) bond motifs is 2. The maximum absolute atomic E-state index is 13.0. The number of ether oxygens (including phenoxy) is 1. The second-order valence-electron chi connectivity index (χ2n) is 5.45. The van der Waals surface area contributed by atoms with Crippen LogP contribution in [0.5, 0.6) is 6.01 Å². The van der Waals surface area contributed by atoms with Crippen molar-refractivity contribution in [2.24, 2.45) is 0 Å². The molecule has 1 N–H and O–H groups in total. The molecule has 0 saturated carbocycles. The summed E-state index contributed by atoms with van der Waals surface area (Å²) in [5, 5.41) is 0.925. The third kappa shape index (κ3) is 2.59. The van der Waals surface area contributed by atoms with Crippen LogP contribution in [-0.2, 0) is 6.18 Å². The molecular weight excluding hydrogens is 333 g/mol. The minimum Gasteiger partial charge on any atom is -0.465 e. The molecule has 0 aliphatic carbocycles. The molecule has 0 unspecified atom stereocenters. The molecule has 0 aliphatic rings. The molecule has 0 saturated heterocycles. The first kappa shape index (κ1) is 15.5. The van der Waals surface area contributed by atoms with Crippen molar-refractivity contribution in [3.63, 3.8) is 0 Å². The van der Waals surface area contributed by atoms with E-state index < -0.39 is 11.9 Å². The van der Waals surface area contributed by atoms with Crippen molar-refractivity contribution >= 4 is 22.1 Å². The first-order valence-electron chi connectivity index (χ1n) is 7.64. The van der Waals surface area contributed by atoms with E-state index in [1.165, 1.54) is 10.6 Å². The third-order valence-electron chi connectivity index (χ3n) is 3.83. The lowest BCUT2D eigenvalue weighted by Gasteiger charge is -2.10. The Morgan fingerprint density at radius 3 is 2.72 bits per heavy atom. The highest BCUT2D eigenvalue weighted by Crippen LogP contribution is 2.32. The van der Waals surface area contributed by atoms with Crippen molar-refractivity contribution in [3.8, 4) is 11.7 Å². The molecule has 0 atom stereocenters. The first-order chi connectivity index (χ1) is 12.0. The fourth-order valence-corrected chi connectivity index (χ4v) is 2.73. The van der Waals surface area contributed by atoms with E-state index in [1.807, 2.05) is 18.2 Å². The van der Waals surface area contributed by atoms with E-state index in [1.54, 1.807) is 19.2 Å². The molecule has 0 fully saturated rings. The number of pyridine rings is 1. The Hall–Kier alpha value is -3.03. The minimum absolute atomic E-state index is 0.105. The number of aromatic amines is 1. The number of hydrogen-bond acceptors (Lipinski definition) is 3. The number of nitrogens with zero attached hydrogens (tertiary/aromatic N) is 3. The maximum Gasteiger partial charge on any atom is 0.433 e. The number of halogens is 3. The molecule has 3 aromatic heterocycles. The van der Waals surface area contributed by atoms with E-state index >= 15 is 0 Å². The molecule has 0 aliphatic heterocycles. The zero-order chi connectivity index (χ0) is 17.6. The summed E-state index contributed by atoms with van der Waals surface area (Å²) in [6.45, 7) is 2.12. The number of benzene rings is 1. The number of nitrogens with one attached hydrogen (secondary N) is 1. The number of aromatic nitrogens is 4. The van der Waals surface area contributed by atoms with Gasteiger partial charge in [-0.2, -0.15) is 18.2 Å². The lowest BCUT2D eigenvalue weighted by molar-refractivity contribution is -0.141. The highest BCUT2D eigenvalue weighted by molar-refractivity contribution is 5.83. The van der Waals surface area contributed by atoms with E-state index in [9.17, 15) is 13.2 Å². The van der Waals surface area contributed by atoms with Gasteiger partial charge in [-0.15, -0.1) is 0 Å². The Bertz CT molecular complexity index is 1060. The molecule has 0 bridgehead atoms. The number of imidazole rings is 1. The zero-order valence-electron chi connectivity index (χ0n) is 13.1. The average molecular weight is 346 g/mol. The first-order valence-corrected chi connectivity index (χ1v) is 7.64. The summed E-state index contributed by atoms with van der Waals surface area (Å²) in [6, 6.07) is 9.79. The second-order valence-corrected chi connectivity index (χ2v) is 5.45. The largest absolute Gasteiger partial charge is 0.465 e. The van der Waals surface area contributed by atoms with Gasteiger partial charge in [-0.25, -0.2) is 9.55 Å². The van der Waals surface area contributed by atoms with Gasteiger partial charge in [-0.3, -0.25) is 0 Å². The van der Waals surface area contributed by atoms with Crippen LogP contribution in [0.1, 0.15) is 12.6 Å². The van der Waals surface area contributed by atoms with Gasteiger partial charge in [0, 0.05) is 17.1 Å². The van der Waals surface area contributed by atoms with Crippen LogP contribution in [-0.4, -0.2) is 26.1 Å². The number of rotatable bonds is 3. The molecule has 8 heteroatoms. The standard InChI is InChI=1S/C17H13F3N4O/c1-2-25-16-22-13-5-6-14(17(18,19)20)23-15(13)24(16)11-3-4-12-10(9-11)7-8-21-12/h3-9,21H,2H2,1H3. The Kier molecular flexibility index (Phi) is 3.41. The second kappa shape index (κ2) is 5.51. The van der Waals surface area contributed by atoms with Crippen LogP contribution in [0.15, 0.2) is 42.6 Å². The Balaban J connectivity index is 1.99. The number of hydrogen-bond donors (Lipinski definition) is 1. The van der Waals surface area contributed by atoms with Crippen molar-refractivity contribution in [1.82, 2.24) is 19.5 Å². The Morgan fingerprint density at radius 2 is 1.96 bits per heavy atom. The summed E-state index contributed by atoms with van der Waals surface area (Å²) in [4.78, 5) is 11.1. The van der Waals surface area contributed by atoms with Gasteiger partial charge in [0.2, 0.25) is 0 Å². The van der Waals surface area contributed by atoms with E-state index in [4.69, 9.17) is 4.74 Å². The van der Waals surface area contributed by atoms with Gasteiger partial charge in [-0.1, -0.05) is 0 Å². The van der Waals surface area contributed by atoms with Crippen LogP contribution in [0.2, 0.25) is 0 Å². The fourth-order valence-electron chi connectivity index (χ4n) is 2.73. The molecule has 0 radical (unpaired) electrons. The van der Waals surface area contributed by atoms with E-state index in [0.717, 1.165) is 17.0 Å². The number of alkyl halides is 3. The monoisotopic (exact) mass is 346 g/mol. The molecule has 4 rings (SSSR count). The molecule has 128 valence electrons. The molecule has 0 spiro atoms. The number of H-pyrrole nitrogens is 1. The SMILES string of the molecule is CCOc1nc2ccc(C(F)(F)F)nc2n1-c1ccc2[nH]ccc2c1. The summed E-state index contributed by atoms with van der Waals surface area (Å²) in [7, 11) is 0. The van der Waals surface area contributed by atoms with Gasteiger partial charge in [0.1, 0.15) is 11.2 Å². The van der Waals surface area contributed by atoms with Gasteiger partial charge >= 0.3 is 12.2 Å². The lowest BCUT2D eigenvalue weighted by Crippen LogP contribution is -2.09. The van der Waals surface area contributed by atoms with E-state index in [2.05, 4.69) is 15.0 Å². The molecule has 0 amide bonds. The quantitative estimate of drug-likeness (QED) is 0.601. The summed E-state index contributed by atoms with van der Waals surface area (Å²) >= 11 is 0. The molecule has 5 nitrogen and oxygen atoms in total. The smallest absolute Gasteiger partial charge is 0.433 e. The van der Waals surface area contributed by atoms with Crippen molar-refractivity contribution in [1.29, 1.82) is 0 Å². The van der Waals surface area contributed by atoms with Gasteiger partial charge in [0.05, 0.1) is 12.3 Å². The Morgan fingerprint density at radius 1 is 1.12 bits per heavy atom. The summed E-state index contributed by atoms with van der Waals surface area (Å²) < 4.78 is 46.2. The average Bonchev–Trinajstić information content (AvgIpc) is 3.16. The highest BCUT2D eigenvalue weighted by Gasteiger charge is 2.33. The molecule has 4 aromatic rings. The van der Waals surface area contributed by atoms with E-state index in [0.29, 0.717) is 17.8 Å². The summed E-state index contributed by atoms with van der Waals surface area (Å²) in [5.74, 6) is 0. The summed E-state index contributed by atoms with van der Waals surface area (Å²) in [6.07, 6.45) is -2.73. The zero-order valence-corrected chi connectivity index (χ0v) is 13.1. The van der Waals surface area contributed by atoms with Gasteiger partial charge in [0.15, 0.2) is 5.65 Å². The molecule has 3 heterocycles. The lowest BCUT2D eigenvalue weighted by atomic mass is 10.2. The van der Waals surface area contributed by atoms with Crippen molar-refractivity contribution < 1.29 is 17.9 Å². The van der Waals surface area contributed by atoms with Crippen molar-refractivity contribution in [2.45, 2.75) is 13.1 Å². The Labute approximate surface area is 140 Å². The molecular formula is C17H13F3N4O. The van der Waals surface area contributed by atoms with Gasteiger partial charge in [0.25, 0.3) is 0 Å². The maximum atomic E-state index is 13.0. The van der Waals surface area contributed by atoms with Crippen molar-refractivity contribution in [3.05, 3.63) is 48.3 Å². The van der Waals surface area contributed by atoms with Gasteiger partial charge in [-0.05, 0) is 43.3 Å². The van der Waals surface area contributed by atoms with Crippen LogP contribution in [0, 0.1) is 0 Å². The molecule has 1 aromatic carbocycles. The minimum atomic E-state index is -4.53. The third-order valence-corrected chi connectivity index (χ3v) is 3.83. The normalized spacial score (nSPS) is 12.2.